The molecule has 2 aliphatic heterocycles. The van der Waals surface area contributed by atoms with Gasteiger partial charge >= 0.3 is 0 Å². The van der Waals surface area contributed by atoms with Gasteiger partial charge in [0.25, 0.3) is 0 Å². The first-order valence-corrected chi connectivity index (χ1v) is 4.96. The number of fused-ring (bicyclic) bond motifs is 1. The van der Waals surface area contributed by atoms with Crippen molar-refractivity contribution < 1.29 is 5.11 Å². The maximum atomic E-state index is 9.04. The molecule has 0 aromatic carbocycles. The van der Waals surface area contributed by atoms with Crippen LogP contribution in [0.3, 0.4) is 0 Å². The van der Waals surface area contributed by atoms with Crippen molar-refractivity contribution in [2.45, 2.75) is 18.9 Å². The Morgan fingerprint density at radius 3 is 3.17 bits per heavy atom. The first-order valence-electron chi connectivity index (χ1n) is 4.96. The molecule has 12 heavy (non-hydrogen) atoms. The van der Waals surface area contributed by atoms with Crippen LogP contribution in [-0.4, -0.2) is 48.8 Å². The summed E-state index contributed by atoms with van der Waals surface area (Å²) in [5.74, 6) is 0.561. The third kappa shape index (κ3) is 1.63. The van der Waals surface area contributed by atoms with Crippen LogP contribution in [0, 0.1) is 5.92 Å². The van der Waals surface area contributed by atoms with E-state index in [0.29, 0.717) is 18.6 Å². The van der Waals surface area contributed by atoms with Crippen molar-refractivity contribution >= 4 is 0 Å². The van der Waals surface area contributed by atoms with E-state index in [-0.39, 0.29) is 0 Å². The molecule has 0 aliphatic carbocycles. The molecule has 0 radical (unpaired) electrons. The summed E-state index contributed by atoms with van der Waals surface area (Å²) in [6, 6.07) is 0.699. The predicted molar refractivity (Wildman–Crippen MR) is 48.0 cm³/mol. The second-order valence-electron chi connectivity index (χ2n) is 3.97. The van der Waals surface area contributed by atoms with Crippen LogP contribution in [0.25, 0.3) is 0 Å². The maximum absolute atomic E-state index is 9.04. The Morgan fingerprint density at radius 2 is 2.33 bits per heavy atom. The summed E-state index contributed by atoms with van der Waals surface area (Å²) >= 11 is 0. The third-order valence-corrected chi connectivity index (χ3v) is 3.16. The average molecular weight is 170 g/mol. The minimum absolute atomic E-state index is 0.379. The van der Waals surface area contributed by atoms with Crippen molar-refractivity contribution in [2.24, 2.45) is 5.92 Å². The zero-order valence-corrected chi connectivity index (χ0v) is 7.50. The van der Waals surface area contributed by atoms with Gasteiger partial charge < -0.3 is 10.4 Å². The standard InChI is InChI=1S/C9H18N2O/c12-7-8-1-3-11-4-2-10-6-9(11)5-8/h8-10,12H,1-7H2/t8-,9+/m0/s1. The van der Waals surface area contributed by atoms with Gasteiger partial charge in [0.15, 0.2) is 0 Å². The van der Waals surface area contributed by atoms with E-state index in [1.54, 1.807) is 0 Å². The molecule has 2 N–H and O–H groups in total. The van der Waals surface area contributed by atoms with E-state index in [1.807, 2.05) is 0 Å². The summed E-state index contributed by atoms with van der Waals surface area (Å²) in [5.41, 5.74) is 0. The molecule has 2 heterocycles. The topological polar surface area (TPSA) is 35.5 Å². The summed E-state index contributed by atoms with van der Waals surface area (Å²) in [6.07, 6.45) is 2.37. The lowest BCUT2D eigenvalue weighted by Crippen LogP contribution is -2.54. The molecular weight excluding hydrogens is 152 g/mol. The monoisotopic (exact) mass is 170 g/mol. The number of hydrogen-bond donors (Lipinski definition) is 2. The fourth-order valence-electron chi connectivity index (χ4n) is 2.35. The highest BCUT2D eigenvalue weighted by Gasteiger charge is 2.29. The lowest BCUT2D eigenvalue weighted by atomic mass is 9.90. The van der Waals surface area contributed by atoms with Gasteiger partial charge in [-0.15, -0.1) is 0 Å². The van der Waals surface area contributed by atoms with E-state index in [1.165, 1.54) is 25.9 Å². The molecule has 2 saturated heterocycles. The van der Waals surface area contributed by atoms with Crippen LogP contribution in [0.2, 0.25) is 0 Å². The van der Waals surface area contributed by atoms with Gasteiger partial charge in [-0.05, 0) is 25.3 Å². The van der Waals surface area contributed by atoms with Crippen LogP contribution in [0.4, 0.5) is 0 Å². The molecule has 70 valence electrons. The molecule has 2 fully saturated rings. The Labute approximate surface area is 73.8 Å². The number of piperazine rings is 1. The van der Waals surface area contributed by atoms with Crippen LogP contribution in [0.1, 0.15) is 12.8 Å². The van der Waals surface area contributed by atoms with Crippen LogP contribution in [0.5, 0.6) is 0 Å². The molecule has 3 heteroatoms. The molecule has 3 nitrogen and oxygen atoms in total. The molecule has 0 bridgehead atoms. The number of piperidine rings is 1. The minimum Gasteiger partial charge on any atom is -0.396 e. The van der Waals surface area contributed by atoms with Crippen LogP contribution in [-0.2, 0) is 0 Å². The van der Waals surface area contributed by atoms with E-state index in [0.717, 1.165) is 13.1 Å². The predicted octanol–water partition coefficient (Wildman–Crippen LogP) is -0.337. The molecule has 2 rings (SSSR count). The lowest BCUT2D eigenvalue weighted by molar-refractivity contribution is 0.0649. The van der Waals surface area contributed by atoms with E-state index < -0.39 is 0 Å². The number of aliphatic hydroxyl groups is 1. The normalized spacial score (nSPS) is 37.8. The smallest absolute Gasteiger partial charge is 0.0460 e. The summed E-state index contributed by atoms with van der Waals surface area (Å²) < 4.78 is 0. The maximum Gasteiger partial charge on any atom is 0.0460 e. The van der Waals surface area contributed by atoms with Crippen LogP contribution < -0.4 is 5.32 Å². The highest BCUT2D eigenvalue weighted by Crippen LogP contribution is 2.22. The fraction of sp³-hybridized carbons (Fsp3) is 1.00. The Balaban J connectivity index is 1.90. The van der Waals surface area contributed by atoms with Gasteiger partial charge in [-0.3, -0.25) is 4.90 Å². The molecule has 0 aromatic rings. The number of hydrogen-bond acceptors (Lipinski definition) is 3. The fourth-order valence-corrected chi connectivity index (χ4v) is 2.35. The van der Waals surface area contributed by atoms with Gasteiger partial charge in [-0.1, -0.05) is 0 Å². The zero-order valence-electron chi connectivity index (χ0n) is 7.50. The first kappa shape index (κ1) is 8.48. The van der Waals surface area contributed by atoms with E-state index in [4.69, 9.17) is 5.11 Å². The molecular formula is C9H18N2O. The van der Waals surface area contributed by atoms with E-state index >= 15 is 0 Å². The highest BCUT2D eigenvalue weighted by atomic mass is 16.3. The van der Waals surface area contributed by atoms with Gasteiger partial charge in [0.05, 0.1) is 0 Å². The van der Waals surface area contributed by atoms with Crippen LogP contribution in [0.15, 0.2) is 0 Å². The third-order valence-electron chi connectivity index (χ3n) is 3.16. The van der Waals surface area contributed by atoms with Crippen molar-refractivity contribution in [1.29, 1.82) is 0 Å². The van der Waals surface area contributed by atoms with E-state index in [9.17, 15) is 0 Å². The van der Waals surface area contributed by atoms with E-state index in [2.05, 4.69) is 10.2 Å². The van der Waals surface area contributed by atoms with Gasteiger partial charge in [-0.25, -0.2) is 0 Å². The molecule has 0 aromatic heterocycles. The number of aliphatic hydroxyl groups excluding tert-OH is 1. The largest absolute Gasteiger partial charge is 0.396 e. The van der Waals surface area contributed by atoms with Gasteiger partial charge in [0.2, 0.25) is 0 Å². The lowest BCUT2D eigenvalue weighted by Gasteiger charge is -2.42. The number of nitrogens with zero attached hydrogens (tertiary/aromatic N) is 1. The Bertz CT molecular complexity index is 151. The van der Waals surface area contributed by atoms with Crippen LogP contribution >= 0.6 is 0 Å². The van der Waals surface area contributed by atoms with Crippen molar-refractivity contribution in [3.8, 4) is 0 Å². The molecule has 2 aliphatic rings. The second kappa shape index (κ2) is 3.73. The van der Waals surface area contributed by atoms with Crippen molar-refractivity contribution in [2.75, 3.05) is 32.8 Å². The van der Waals surface area contributed by atoms with Gasteiger partial charge in [0, 0.05) is 32.3 Å². The van der Waals surface area contributed by atoms with Crippen molar-refractivity contribution in [3.05, 3.63) is 0 Å². The Hall–Kier alpha value is -0.120. The highest BCUT2D eigenvalue weighted by molar-refractivity contribution is 4.86. The van der Waals surface area contributed by atoms with Crippen molar-refractivity contribution in [3.63, 3.8) is 0 Å². The SMILES string of the molecule is OC[C@H]1CCN2CCNC[C@H]2C1. The summed E-state index contributed by atoms with van der Waals surface area (Å²) in [6.45, 7) is 5.03. The quantitative estimate of drug-likeness (QED) is 0.565. The molecule has 0 spiro atoms. The van der Waals surface area contributed by atoms with Gasteiger partial charge in [-0.2, -0.15) is 0 Å². The zero-order chi connectivity index (χ0) is 8.39. The molecule has 0 saturated carbocycles. The summed E-state index contributed by atoms with van der Waals surface area (Å²) in [5, 5.41) is 12.4. The second-order valence-corrected chi connectivity index (χ2v) is 3.97. The summed E-state index contributed by atoms with van der Waals surface area (Å²) in [4.78, 5) is 2.56. The minimum atomic E-state index is 0.379. The molecule has 0 unspecified atom stereocenters. The number of rotatable bonds is 1. The molecule has 0 amide bonds. The molecule has 2 atom stereocenters. The Kier molecular flexibility index (Phi) is 2.63. The first-order chi connectivity index (χ1) is 5.90. The van der Waals surface area contributed by atoms with Crippen molar-refractivity contribution in [1.82, 2.24) is 10.2 Å². The number of nitrogens with one attached hydrogen (secondary N) is 1. The Morgan fingerprint density at radius 1 is 1.42 bits per heavy atom. The average Bonchev–Trinajstić information content (AvgIpc) is 2.17. The van der Waals surface area contributed by atoms with Gasteiger partial charge in [0.1, 0.15) is 0 Å². The summed E-state index contributed by atoms with van der Waals surface area (Å²) in [7, 11) is 0.